The molecule has 0 bridgehead atoms. The topological polar surface area (TPSA) is 52.6 Å². The number of hydrogen-bond acceptors (Lipinski definition) is 3. The lowest BCUT2D eigenvalue weighted by Gasteiger charge is -2.39. The number of benzene rings is 2. The maximum atomic E-state index is 13.3. The number of nitrogens with zero attached hydrogens (tertiary/aromatic N) is 1. The highest BCUT2D eigenvalue weighted by molar-refractivity contribution is 6.10. The number of phenolic OH excluding ortho intramolecular Hbond substituents is 1. The van der Waals surface area contributed by atoms with Gasteiger partial charge in [0.1, 0.15) is 5.75 Å². The Labute approximate surface area is 142 Å². The summed E-state index contributed by atoms with van der Waals surface area (Å²) < 4.78 is 0. The third kappa shape index (κ3) is 2.13. The minimum absolute atomic E-state index is 0.00315. The first-order chi connectivity index (χ1) is 11.6. The van der Waals surface area contributed by atoms with Gasteiger partial charge in [-0.3, -0.25) is 9.69 Å². The lowest BCUT2D eigenvalue weighted by atomic mass is 9.81. The van der Waals surface area contributed by atoms with E-state index in [-0.39, 0.29) is 23.6 Å². The molecule has 2 aliphatic heterocycles. The van der Waals surface area contributed by atoms with E-state index in [1.807, 2.05) is 19.1 Å². The monoisotopic (exact) mass is 322 g/mol. The van der Waals surface area contributed by atoms with Gasteiger partial charge in [-0.2, -0.15) is 0 Å². The summed E-state index contributed by atoms with van der Waals surface area (Å²) in [6.07, 6.45) is 0.969. The van der Waals surface area contributed by atoms with Crippen molar-refractivity contribution >= 4 is 11.6 Å². The zero-order chi connectivity index (χ0) is 16.8. The number of carbonyl (C=O) groups excluding carboxylic acids is 1. The minimum Gasteiger partial charge on any atom is -0.506 e. The zero-order valence-electron chi connectivity index (χ0n) is 14.0. The molecule has 0 spiro atoms. The van der Waals surface area contributed by atoms with Crippen LogP contribution in [-0.2, 0) is 6.42 Å². The standard InChI is InChI=1S/C20H22N2O2/c1-3-13-8-12(2)19-14(9-13)15-10-21-11-17(15)22(20(19)24)16-6-4-5-7-18(16)23/h4-9,15,17,21,23H,3,10-11H2,1-2H3. The summed E-state index contributed by atoms with van der Waals surface area (Å²) in [5.74, 6) is 0.418. The number of amides is 1. The van der Waals surface area contributed by atoms with Crippen molar-refractivity contribution in [3.8, 4) is 5.75 Å². The number of aromatic hydroxyl groups is 1. The smallest absolute Gasteiger partial charge is 0.259 e. The molecule has 2 atom stereocenters. The van der Waals surface area contributed by atoms with Crippen LogP contribution in [0.3, 0.4) is 0 Å². The number of rotatable bonds is 2. The summed E-state index contributed by atoms with van der Waals surface area (Å²) in [4.78, 5) is 15.1. The number of phenols is 1. The van der Waals surface area contributed by atoms with Crippen LogP contribution in [0.25, 0.3) is 0 Å². The van der Waals surface area contributed by atoms with E-state index in [2.05, 4.69) is 24.4 Å². The van der Waals surface area contributed by atoms with E-state index >= 15 is 0 Å². The first kappa shape index (κ1) is 15.2. The van der Waals surface area contributed by atoms with Gasteiger partial charge in [0, 0.05) is 24.6 Å². The maximum absolute atomic E-state index is 13.3. The van der Waals surface area contributed by atoms with Crippen LogP contribution >= 0.6 is 0 Å². The van der Waals surface area contributed by atoms with Gasteiger partial charge >= 0.3 is 0 Å². The summed E-state index contributed by atoms with van der Waals surface area (Å²) in [5, 5.41) is 13.7. The van der Waals surface area contributed by atoms with Crippen LogP contribution in [0.1, 0.15) is 39.9 Å². The quantitative estimate of drug-likeness (QED) is 0.894. The van der Waals surface area contributed by atoms with Crippen LogP contribution in [0.2, 0.25) is 0 Å². The molecule has 2 heterocycles. The van der Waals surface area contributed by atoms with Crippen molar-refractivity contribution in [2.24, 2.45) is 0 Å². The van der Waals surface area contributed by atoms with Crippen molar-refractivity contribution < 1.29 is 9.90 Å². The molecule has 2 aromatic carbocycles. The van der Waals surface area contributed by atoms with Crippen molar-refractivity contribution in [1.29, 1.82) is 0 Å². The molecule has 2 unspecified atom stereocenters. The molecule has 2 N–H and O–H groups in total. The Bertz CT molecular complexity index is 815. The van der Waals surface area contributed by atoms with Gasteiger partial charge in [0.25, 0.3) is 5.91 Å². The first-order valence-electron chi connectivity index (χ1n) is 8.57. The number of anilines is 1. The SMILES string of the molecule is CCc1cc(C)c2c(c1)C1CNCC1N(c1ccccc1O)C2=O. The largest absolute Gasteiger partial charge is 0.506 e. The lowest BCUT2D eigenvalue weighted by molar-refractivity contribution is 0.0964. The number of para-hydroxylation sites is 2. The van der Waals surface area contributed by atoms with E-state index in [4.69, 9.17) is 0 Å². The Kier molecular flexibility index (Phi) is 3.57. The van der Waals surface area contributed by atoms with E-state index in [1.54, 1.807) is 17.0 Å². The molecule has 4 heteroatoms. The average Bonchev–Trinajstić information content (AvgIpc) is 3.05. The van der Waals surface area contributed by atoms with E-state index in [1.165, 1.54) is 11.1 Å². The Hall–Kier alpha value is -2.33. The molecule has 0 radical (unpaired) electrons. The molecule has 24 heavy (non-hydrogen) atoms. The van der Waals surface area contributed by atoms with Crippen LogP contribution in [-0.4, -0.2) is 30.1 Å². The fourth-order valence-corrected chi connectivity index (χ4v) is 4.16. The summed E-state index contributed by atoms with van der Waals surface area (Å²) in [7, 11) is 0. The number of nitrogens with one attached hydrogen (secondary N) is 1. The molecule has 0 aliphatic carbocycles. The number of carbonyl (C=O) groups is 1. The molecule has 4 rings (SSSR count). The van der Waals surface area contributed by atoms with E-state index in [0.29, 0.717) is 5.69 Å². The van der Waals surface area contributed by atoms with E-state index in [0.717, 1.165) is 30.6 Å². The Morgan fingerprint density at radius 3 is 2.79 bits per heavy atom. The molecular formula is C20H22N2O2. The van der Waals surface area contributed by atoms with Crippen LogP contribution in [0.5, 0.6) is 5.75 Å². The summed E-state index contributed by atoms with van der Waals surface area (Å²) in [6, 6.07) is 11.5. The van der Waals surface area contributed by atoms with Gasteiger partial charge in [-0.05, 0) is 42.2 Å². The molecular weight excluding hydrogens is 300 g/mol. The Balaban J connectivity index is 1.91. The maximum Gasteiger partial charge on any atom is 0.259 e. The van der Waals surface area contributed by atoms with Gasteiger partial charge in [0.2, 0.25) is 0 Å². The molecule has 2 aromatic rings. The lowest BCUT2D eigenvalue weighted by Crippen LogP contribution is -2.48. The highest BCUT2D eigenvalue weighted by Crippen LogP contribution is 2.42. The predicted molar refractivity (Wildman–Crippen MR) is 94.9 cm³/mol. The highest BCUT2D eigenvalue weighted by atomic mass is 16.3. The molecule has 124 valence electrons. The van der Waals surface area contributed by atoms with E-state index < -0.39 is 0 Å². The van der Waals surface area contributed by atoms with Crippen LogP contribution < -0.4 is 10.2 Å². The second kappa shape index (κ2) is 5.64. The van der Waals surface area contributed by atoms with Gasteiger partial charge < -0.3 is 10.4 Å². The van der Waals surface area contributed by atoms with E-state index in [9.17, 15) is 9.90 Å². The van der Waals surface area contributed by atoms with Gasteiger partial charge in [-0.25, -0.2) is 0 Å². The van der Waals surface area contributed by atoms with Crippen LogP contribution in [0, 0.1) is 6.92 Å². The second-order valence-electron chi connectivity index (χ2n) is 6.73. The molecule has 1 fully saturated rings. The second-order valence-corrected chi connectivity index (χ2v) is 6.73. The third-order valence-electron chi connectivity index (χ3n) is 5.32. The Morgan fingerprint density at radius 1 is 1.25 bits per heavy atom. The van der Waals surface area contributed by atoms with Crippen LogP contribution in [0.15, 0.2) is 36.4 Å². The summed E-state index contributed by atoms with van der Waals surface area (Å²) in [6.45, 7) is 5.77. The molecule has 2 aliphatic rings. The fraction of sp³-hybridized carbons (Fsp3) is 0.350. The number of hydrogen-bond donors (Lipinski definition) is 2. The molecule has 0 aromatic heterocycles. The van der Waals surface area contributed by atoms with Crippen LogP contribution in [0.4, 0.5) is 5.69 Å². The fourth-order valence-electron chi connectivity index (χ4n) is 4.16. The third-order valence-corrected chi connectivity index (χ3v) is 5.32. The van der Waals surface area contributed by atoms with Crippen molar-refractivity contribution in [2.45, 2.75) is 32.2 Å². The number of fused-ring (bicyclic) bond motifs is 3. The predicted octanol–water partition coefficient (Wildman–Crippen LogP) is 2.98. The molecule has 1 amide bonds. The van der Waals surface area contributed by atoms with Gasteiger partial charge in [0.05, 0.1) is 11.7 Å². The van der Waals surface area contributed by atoms with Gasteiger partial charge in [-0.15, -0.1) is 0 Å². The normalized spacial score (nSPS) is 22.4. The average molecular weight is 322 g/mol. The number of aryl methyl sites for hydroxylation is 2. The first-order valence-corrected chi connectivity index (χ1v) is 8.57. The zero-order valence-corrected chi connectivity index (χ0v) is 14.0. The Morgan fingerprint density at radius 2 is 2.04 bits per heavy atom. The van der Waals surface area contributed by atoms with Crippen molar-refractivity contribution in [2.75, 3.05) is 18.0 Å². The summed E-state index contributed by atoms with van der Waals surface area (Å²) in [5.41, 5.74) is 4.88. The van der Waals surface area contributed by atoms with Crippen molar-refractivity contribution in [3.63, 3.8) is 0 Å². The highest BCUT2D eigenvalue weighted by Gasteiger charge is 2.44. The van der Waals surface area contributed by atoms with Gasteiger partial charge in [-0.1, -0.05) is 31.2 Å². The van der Waals surface area contributed by atoms with Crippen molar-refractivity contribution in [3.05, 3.63) is 58.7 Å². The molecule has 1 saturated heterocycles. The molecule has 4 nitrogen and oxygen atoms in total. The summed E-state index contributed by atoms with van der Waals surface area (Å²) >= 11 is 0. The van der Waals surface area contributed by atoms with Crippen molar-refractivity contribution in [1.82, 2.24) is 5.32 Å². The van der Waals surface area contributed by atoms with Gasteiger partial charge in [0.15, 0.2) is 0 Å². The minimum atomic E-state index is -0.00315. The molecule has 0 saturated carbocycles.